The molecule has 1 atom stereocenters. The summed E-state index contributed by atoms with van der Waals surface area (Å²) in [5.74, 6) is 0.887. The lowest BCUT2D eigenvalue weighted by Gasteiger charge is -2.18. The second kappa shape index (κ2) is 6.95. The first-order valence-electron chi connectivity index (χ1n) is 6.51. The predicted molar refractivity (Wildman–Crippen MR) is 79.9 cm³/mol. The predicted octanol–water partition coefficient (Wildman–Crippen LogP) is 2.39. The van der Waals surface area contributed by atoms with E-state index >= 15 is 0 Å². The summed E-state index contributed by atoms with van der Waals surface area (Å²) in [6, 6.07) is 6.15. The Kier molecular flexibility index (Phi) is 5.25. The van der Waals surface area contributed by atoms with E-state index in [1.54, 1.807) is 7.11 Å². The van der Waals surface area contributed by atoms with Gasteiger partial charge in [-0.3, -0.25) is 4.90 Å². The molecule has 0 radical (unpaired) electrons. The lowest BCUT2D eigenvalue weighted by atomic mass is 10.2. The highest BCUT2D eigenvalue weighted by Gasteiger charge is 2.24. The molecule has 0 spiro atoms. The Morgan fingerprint density at radius 3 is 3.00 bits per heavy atom. The molecule has 0 saturated carbocycles. The molecule has 1 aromatic carbocycles. The maximum atomic E-state index is 11.2. The summed E-state index contributed by atoms with van der Waals surface area (Å²) < 4.78 is 11.0. The van der Waals surface area contributed by atoms with Gasteiger partial charge in [0.05, 0.1) is 14.2 Å². The molecular weight excluding hydrogens is 324 g/mol. The number of halogens is 1. The van der Waals surface area contributed by atoms with Crippen molar-refractivity contribution in [2.24, 2.45) is 0 Å². The number of alkyl carbamates (subject to hydrolysis) is 1. The fourth-order valence-corrected chi connectivity index (χ4v) is 2.84. The minimum Gasteiger partial charge on any atom is -0.496 e. The monoisotopic (exact) mass is 342 g/mol. The molecule has 0 aliphatic carbocycles. The number of carbonyl (C=O) groups is 1. The van der Waals surface area contributed by atoms with Gasteiger partial charge in [0.2, 0.25) is 0 Å². The summed E-state index contributed by atoms with van der Waals surface area (Å²) in [6.07, 6.45) is 0.572. The second-order valence-electron chi connectivity index (χ2n) is 4.81. The van der Waals surface area contributed by atoms with Crippen LogP contribution in [0.5, 0.6) is 5.75 Å². The summed E-state index contributed by atoms with van der Waals surface area (Å²) >= 11 is 3.48. The van der Waals surface area contributed by atoms with Gasteiger partial charge in [-0.05, 0) is 24.6 Å². The first kappa shape index (κ1) is 15.1. The molecule has 1 aromatic rings. The zero-order chi connectivity index (χ0) is 14.5. The quantitative estimate of drug-likeness (QED) is 0.912. The number of hydrogen-bond acceptors (Lipinski definition) is 4. The Morgan fingerprint density at radius 1 is 1.50 bits per heavy atom. The average Bonchev–Trinajstić information content (AvgIpc) is 2.86. The minimum atomic E-state index is -0.364. The molecule has 20 heavy (non-hydrogen) atoms. The van der Waals surface area contributed by atoms with E-state index in [1.165, 1.54) is 7.11 Å². The third-order valence-corrected chi connectivity index (χ3v) is 3.91. The van der Waals surface area contributed by atoms with Gasteiger partial charge < -0.3 is 14.8 Å². The number of nitrogens with zero attached hydrogens (tertiary/aromatic N) is 1. The Morgan fingerprint density at radius 2 is 2.30 bits per heavy atom. The number of rotatable bonds is 4. The molecule has 1 unspecified atom stereocenters. The van der Waals surface area contributed by atoms with Crippen LogP contribution >= 0.6 is 15.9 Å². The highest BCUT2D eigenvalue weighted by molar-refractivity contribution is 9.10. The lowest BCUT2D eigenvalue weighted by molar-refractivity contribution is 0.166. The molecule has 5 nitrogen and oxygen atoms in total. The highest BCUT2D eigenvalue weighted by Crippen LogP contribution is 2.25. The van der Waals surface area contributed by atoms with Crippen molar-refractivity contribution < 1.29 is 14.3 Å². The Hall–Kier alpha value is -1.27. The smallest absolute Gasteiger partial charge is 0.407 e. The molecule has 1 amide bonds. The number of methoxy groups -OCH3 is 2. The third-order valence-electron chi connectivity index (χ3n) is 3.42. The van der Waals surface area contributed by atoms with Crippen LogP contribution in [0.15, 0.2) is 22.7 Å². The molecular formula is C14H19BrN2O3. The van der Waals surface area contributed by atoms with E-state index in [4.69, 9.17) is 4.74 Å². The van der Waals surface area contributed by atoms with E-state index in [-0.39, 0.29) is 12.1 Å². The molecule has 1 fully saturated rings. The van der Waals surface area contributed by atoms with Gasteiger partial charge in [0, 0.05) is 35.7 Å². The third kappa shape index (κ3) is 3.86. The largest absolute Gasteiger partial charge is 0.496 e. The molecule has 110 valence electrons. The minimum absolute atomic E-state index is 0.153. The van der Waals surface area contributed by atoms with Gasteiger partial charge in [-0.1, -0.05) is 15.9 Å². The highest BCUT2D eigenvalue weighted by atomic mass is 79.9. The van der Waals surface area contributed by atoms with Crippen molar-refractivity contribution in [1.82, 2.24) is 10.2 Å². The van der Waals surface area contributed by atoms with Crippen molar-refractivity contribution in [2.75, 3.05) is 27.3 Å². The van der Waals surface area contributed by atoms with Crippen LogP contribution < -0.4 is 10.1 Å². The van der Waals surface area contributed by atoms with E-state index in [0.29, 0.717) is 0 Å². The number of carbonyl (C=O) groups excluding carboxylic acids is 1. The molecule has 1 saturated heterocycles. The van der Waals surface area contributed by atoms with Crippen molar-refractivity contribution in [1.29, 1.82) is 0 Å². The first-order valence-corrected chi connectivity index (χ1v) is 7.31. The molecule has 0 aromatic heterocycles. The van der Waals surface area contributed by atoms with Crippen molar-refractivity contribution >= 4 is 22.0 Å². The Bertz CT molecular complexity index is 481. The van der Waals surface area contributed by atoms with Crippen LogP contribution in [0.3, 0.4) is 0 Å². The zero-order valence-corrected chi connectivity index (χ0v) is 13.3. The fraction of sp³-hybridized carbons (Fsp3) is 0.500. The van der Waals surface area contributed by atoms with Gasteiger partial charge in [0.25, 0.3) is 0 Å². The van der Waals surface area contributed by atoms with Gasteiger partial charge in [0.1, 0.15) is 5.75 Å². The van der Waals surface area contributed by atoms with Crippen molar-refractivity contribution in [3.8, 4) is 5.75 Å². The fourth-order valence-electron chi connectivity index (χ4n) is 2.43. The van der Waals surface area contributed by atoms with E-state index in [2.05, 4.69) is 36.9 Å². The van der Waals surface area contributed by atoms with E-state index in [0.717, 1.165) is 41.8 Å². The van der Waals surface area contributed by atoms with Crippen molar-refractivity contribution in [3.63, 3.8) is 0 Å². The standard InChI is InChI=1S/C14H19BrN2O3/c1-19-13-4-3-11(15)7-10(13)8-17-6-5-12(9-17)16-14(18)20-2/h3-4,7,12H,5-6,8-9H2,1-2H3,(H,16,18). The number of ether oxygens (including phenoxy) is 2. The van der Waals surface area contributed by atoms with Crippen LogP contribution in [0.2, 0.25) is 0 Å². The van der Waals surface area contributed by atoms with Crippen molar-refractivity contribution in [3.05, 3.63) is 28.2 Å². The van der Waals surface area contributed by atoms with Crippen LogP contribution in [-0.2, 0) is 11.3 Å². The number of likely N-dealkylation sites (tertiary alicyclic amines) is 1. The van der Waals surface area contributed by atoms with Gasteiger partial charge in [0.15, 0.2) is 0 Å². The van der Waals surface area contributed by atoms with Gasteiger partial charge in [-0.15, -0.1) is 0 Å². The molecule has 6 heteroatoms. The van der Waals surface area contributed by atoms with Crippen LogP contribution in [0.1, 0.15) is 12.0 Å². The van der Waals surface area contributed by atoms with Gasteiger partial charge in [-0.25, -0.2) is 4.79 Å². The van der Waals surface area contributed by atoms with Crippen LogP contribution in [-0.4, -0.2) is 44.3 Å². The number of hydrogen-bond donors (Lipinski definition) is 1. The maximum absolute atomic E-state index is 11.2. The second-order valence-corrected chi connectivity index (χ2v) is 5.73. The average molecular weight is 343 g/mol. The van der Waals surface area contributed by atoms with Crippen LogP contribution in [0, 0.1) is 0 Å². The van der Waals surface area contributed by atoms with E-state index < -0.39 is 0 Å². The molecule has 1 heterocycles. The maximum Gasteiger partial charge on any atom is 0.407 e. The molecule has 1 N–H and O–H groups in total. The summed E-state index contributed by atoms with van der Waals surface area (Å²) in [5.41, 5.74) is 1.14. The Labute approximate surface area is 127 Å². The molecule has 0 bridgehead atoms. The molecule has 1 aliphatic heterocycles. The SMILES string of the molecule is COC(=O)NC1CCN(Cc2cc(Br)ccc2OC)C1. The van der Waals surface area contributed by atoms with Crippen LogP contribution in [0.4, 0.5) is 4.79 Å². The lowest BCUT2D eigenvalue weighted by Crippen LogP contribution is -2.36. The number of nitrogens with one attached hydrogen (secondary N) is 1. The number of amides is 1. The summed E-state index contributed by atoms with van der Waals surface area (Å²) in [6.45, 7) is 2.58. The van der Waals surface area contributed by atoms with Crippen LogP contribution in [0.25, 0.3) is 0 Å². The normalized spacial score (nSPS) is 18.9. The van der Waals surface area contributed by atoms with E-state index in [1.807, 2.05) is 12.1 Å². The Balaban J connectivity index is 1.95. The number of benzene rings is 1. The van der Waals surface area contributed by atoms with Gasteiger partial charge >= 0.3 is 6.09 Å². The summed E-state index contributed by atoms with van der Waals surface area (Å²) in [4.78, 5) is 13.5. The first-order chi connectivity index (χ1) is 9.62. The van der Waals surface area contributed by atoms with Gasteiger partial charge in [-0.2, -0.15) is 0 Å². The summed E-state index contributed by atoms with van der Waals surface area (Å²) in [5, 5.41) is 2.84. The van der Waals surface area contributed by atoms with Crippen molar-refractivity contribution in [2.45, 2.75) is 19.0 Å². The molecule has 2 rings (SSSR count). The topological polar surface area (TPSA) is 50.8 Å². The zero-order valence-electron chi connectivity index (χ0n) is 11.7. The van der Waals surface area contributed by atoms with E-state index in [9.17, 15) is 4.79 Å². The molecule has 1 aliphatic rings. The summed E-state index contributed by atoms with van der Waals surface area (Å²) in [7, 11) is 3.06.